The monoisotopic (exact) mass is 386 g/mol. The molecule has 1 fully saturated rings. The number of carbonyl (C=O) groups excluding carboxylic acids is 1. The standard InChI is InChI=1S/C22H27ClN2O2/c1-27-18-11-9-17(10-12-18)15-22(26)24-16-21(25-13-5-2-6-14-25)19-7-3-4-8-20(19)23/h3-4,7-12,21H,2,5-6,13-16H2,1H3,(H,24,26). The van der Waals surface area contributed by atoms with Crippen molar-refractivity contribution in [2.75, 3.05) is 26.7 Å². The molecule has 3 rings (SSSR count). The first-order valence-corrected chi connectivity index (χ1v) is 9.93. The summed E-state index contributed by atoms with van der Waals surface area (Å²) in [6.45, 7) is 2.66. The van der Waals surface area contributed by atoms with Gasteiger partial charge in [-0.05, 0) is 55.3 Å². The highest BCUT2D eigenvalue weighted by atomic mass is 35.5. The number of nitrogens with zero attached hydrogens (tertiary/aromatic N) is 1. The molecule has 2 aromatic carbocycles. The maximum atomic E-state index is 12.5. The molecular weight excluding hydrogens is 360 g/mol. The summed E-state index contributed by atoms with van der Waals surface area (Å²) in [7, 11) is 1.64. The molecule has 144 valence electrons. The Morgan fingerprint density at radius 3 is 2.48 bits per heavy atom. The highest BCUT2D eigenvalue weighted by molar-refractivity contribution is 6.31. The summed E-state index contributed by atoms with van der Waals surface area (Å²) in [5.41, 5.74) is 2.06. The van der Waals surface area contributed by atoms with Crippen molar-refractivity contribution < 1.29 is 9.53 Å². The smallest absolute Gasteiger partial charge is 0.224 e. The molecule has 1 saturated heterocycles. The lowest BCUT2D eigenvalue weighted by molar-refractivity contribution is -0.120. The van der Waals surface area contributed by atoms with E-state index in [1.165, 1.54) is 19.3 Å². The molecule has 5 heteroatoms. The number of amides is 1. The van der Waals surface area contributed by atoms with Crippen molar-refractivity contribution in [3.05, 3.63) is 64.7 Å². The summed E-state index contributed by atoms with van der Waals surface area (Å²) >= 11 is 6.46. The van der Waals surface area contributed by atoms with Crippen LogP contribution in [0.3, 0.4) is 0 Å². The first-order chi connectivity index (χ1) is 13.2. The van der Waals surface area contributed by atoms with Gasteiger partial charge >= 0.3 is 0 Å². The number of nitrogens with one attached hydrogen (secondary N) is 1. The van der Waals surface area contributed by atoms with Crippen molar-refractivity contribution in [1.82, 2.24) is 10.2 Å². The second-order valence-electron chi connectivity index (χ2n) is 6.96. The topological polar surface area (TPSA) is 41.6 Å². The Morgan fingerprint density at radius 1 is 1.11 bits per heavy atom. The number of halogens is 1. The molecule has 1 aliphatic heterocycles. The van der Waals surface area contributed by atoms with E-state index in [2.05, 4.69) is 16.3 Å². The van der Waals surface area contributed by atoms with Crippen LogP contribution in [0.2, 0.25) is 5.02 Å². The number of benzene rings is 2. The van der Waals surface area contributed by atoms with E-state index in [1.54, 1.807) is 7.11 Å². The number of hydrogen-bond acceptors (Lipinski definition) is 3. The summed E-state index contributed by atoms with van der Waals surface area (Å²) in [5.74, 6) is 0.817. The van der Waals surface area contributed by atoms with Gasteiger partial charge in [0, 0.05) is 11.6 Å². The van der Waals surface area contributed by atoms with Gasteiger partial charge in [0.2, 0.25) is 5.91 Å². The minimum Gasteiger partial charge on any atom is -0.497 e. The van der Waals surface area contributed by atoms with Crippen molar-refractivity contribution >= 4 is 17.5 Å². The van der Waals surface area contributed by atoms with Crippen LogP contribution < -0.4 is 10.1 Å². The largest absolute Gasteiger partial charge is 0.497 e. The van der Waals surface area contributed by atoms with E-state index in [0.29, 0.717) is 13.0 Å². The van der Waals surface area contributed by atoms with Crippen molar-refractivity contribution in [2.45, 2.75) is 31.7 Å². The van der Waals surface area contributed by atoms with Crippen LogP contribution in [0.25, 0.3) is 0 Å². The van der Waals surface area contributed by atoms with Crippen molar-refractivity contribution in [1.29, 1.82) is 0 Å². The van der Waals surface area contributed by atoms with Crippen LogP contribution in [-0.2, 0) is 11.2 Å². The molecule has 0 radical (unpaired) electrons. The fourth-order valence-electron chi connectivity index (χ4n) is 3.61. The van der Waals surface area contributed by atoms with E-state index < -0.39 is 0 Å². The molecule has 0 saturated carbocycles. The van der Waals surface area contributed by atoms with Crippen molar-refractivity contribution in [2.24, 2.45) is 0 Å². The van der Waals surface area contributed by atoms with E-state index in [-0.39, 0.29) is 11.9 Å². The van der Waals surface area contributed by atoms with Crippen LogP contribution in [0.1, 0.15) is 36.4 Å². The van der Waals surface area contributed by atoms with Crippen molar-refractivity contribution in [3.63, 3.8) is 0 Å². The molecule has 1 amide bonds. The first kappa shape index (κ1) is 19.7. The van der Waals surface area contributed by atoms with Gasteiger partial charge in [0.15, 0.2) is 0 Å². The van der Waals surface area contributed by atoms with Gasteiger partial charge in [-0.1, -0.05) is 48.4 Å². The number of hydrogen-bond donors (Lipinski definition) is 1. The Kier molecular flexibility index (Phi) is 7.13. The minimum atomic E-state index is 0.0224. The maximum Gasteiger partial charge on any atom is 0.224 e. The maximum absolute atomic E-state index is 12.5. The molecule has 0 aliphatic carbocycles. The Morgan fingerprint density at radius 2 is 1.81 bits per heavy atom. The molecule has 1 aliphatic rings. The van der Waals surface area contributed by atoms with Gasteiger partial charge in [-0.3, -0.25) is 9.69 Å². The van der Waals surface area contributed by atoms with Gasteiger partial charge in [-0.15, -0.1) is 0 Å². The van der Waals surface area contributed by atoms with Gasteiger partial charge in [-0.2, -0.15) is 0 Å². The minimum absolute atomic E-state index is 0.0224. The third-order valence-corrected chi connectivity index (χ3v) is 5.46. The fourth-order valence-corrected chi connectivity index (χ4v) is 3.87. The molecule has 0 aromatic heterocycles. The van der Waals surface area contributed by atoms with Crippen LogP contribution in [0.4, 0.5) is 0 Å². The van der Waals surface area contributed by atoms with Gasteiger partial charge in [0.05, 0.1) is 19.6 Å². The normalized spacial score (nSPS) is 15.9. The molecule has 1 atom stereocenters. The summed E-state index contributed by atoms with van der Waals surface area (Å²) in [6, 6.07) is 15.7. The van der Waals surface area contributed by atoms with Crippen LogP contribution >= 0.6 is 11.6 Å². The second-order valence-corrected chi connectivity index (χ2v) is 7.37. The number of ether oxygens (including phenoxy) is 1. The molecule has 0 spiro atoms. The van der Waals surface area contributed by atoms with E-state index in [1.807, 2.05) is 42.5 Å². The molecule has 1 heterocycles. The molecule has 1 N–H and O–H groups in total. The number of piperidine rings is 1. The lowest BCUT2D eigenvalue weighted by atomic mass is 10.0. The molecule has 4 nitrogen and oxygen atoms in total. The van der Waals surface area contributed by atoms with Crippen molar-refractivity contribution in [3.8, 4) is 5.75 Å². The zero-order valence-corrected chi connectivity index (χ0v) is 16.5. The zero-order valence-electron chi connectivity index (χ0n) is 15.8. The predicted octanol–water partition coefficient (Wildman–Crippen LogP) is 4.23. The average molecular weight is 387 g/mol. The van der Waals surface area contributed by atoms with Gasteiger partial charge in [-0.25, -0.2) is 0 Å². The van der Waals surface area contributed by atoms with Crippen LogP contribution in [0.5, 0.6) is 5.75 Å². The van der Waals surface area contributed by atoms with Gasteiger partial charge < -0.3 is 10.1 Å². The lowest BCUT2D eigenvalue weighted by Crippen LogP contribution is -2.41. The summed E-state index contributed by atoms with van der Waals surface area (Å²) in [5, 5.41) is 3.87. The molecule has 27 heavy (non-hydrogen) atoms. The Bertz CT molecular complexity index is 742. The summed E-state index contributed by atoms with van der Waals surface area (Å²) in [4.78, 5) is 14.9. The molecule has 1 unspecified atom stereocenters. The molecule has 0 bridgehead atoms. The van der Waals surface area contributed by atoms with Gasteiger partial charge in [0.25, 0.3) is 0 Å². The first-order valence-electron chi connectivity index (χ1n) is 9.55. The number of carbonyl (C=O) groups is 1. The Hall–Kier alpha value is -2.04. The van der Waals surface area contributed by atoms with Gasteiger partial charge in [0.1, 0.15) is 5.75 Å². The third kappa shape index (κ3) is 5.47. The molecule has 2 aromatic rings. The summed E-state index contributed by atoms with van der Waals surface area (Å²) in [6.07, 6.45) is 4.02. The molecular formula is C22H27ClN2O2. The van der Waals surface area contributed by atoms with Crippen LogP contribution in [0.15, 0.2) is 48.5 Å². The Labute approximate surface area is 166 Å². The van der Waals surface area contributed by atoms with E-state index >= 15 is 0 Å². The highest BCUT2D eigenvalue weighted by Crippen LogP contribution is 2.29. The quantitative estimate of drug-likeness (QED) is 0.774. The zero-order chi connectivity index (χ0) is 19.1. The Balaban J connectivity index is 1.64. The summed E-state index contributed by atoms with van der Waals surface area (Å²) < 4.78 is 5.16. The third-order valence-electron chi connectivity index (χ3n) is 5.11. The lowest BCUT2D eigenvalue weighted by Gasteiger charge is -2.35. The number of rotatable bonds is 7. The second kappa shape index (κ2) is 9.77. The predicted molar refractivity (Wildman–Crippen MR) is 109 cm³/mol. The average Bonchev–Trinajstić information content (AvgIpc) is 2.71. The number of methoxy groups -OCH3 is 1. The highest BCUT2D eigenvalue weighted by Gasteiger charge is 2.24. The number of likely N-dealkylation sites (tertiary alicyclic amines) is 1. The van der Waals surface area contributed by atoms with E-state index in [9.17, 15) is 4.79 Å². The van der Waals surface area contributed by atoms with E-state index in [4.69, 9.17) is 16.3 Å². The van der Waals surface area contributed by atoms with Crippen LogP contribution in [0, 0.1) is 0 Å². The van der Waals surface area contributed by atoms with E-state index in [0.717, 1.165) is 35.0 Å². The van der Waals surface area contributed by atoms with Crippen LogP contribution in [-0.4, -0.2) is 37.6 Å². The SMILES string of the molecule is COc1ccc(CC(=O)NCC(c2ccccc2Cl)N2CCCCC2)cc1. The fraction of sp³-hybridized carbons (Fsp3) is 0.409.